The molecule has 0 spiro atoms. The number of methoxy groups -OCH3 is 1. The van der Waals surface area contributed by atoms with Gasteiger partial charge in [0.25, 0.3) is 0 Å². The molecule has 0 aliphatic rings. The predicted molar refractivity (Wildman–Crippen MR) is 85.8 cm³/mol. The van der Waals surface area contributed by atoms with E-state index in [2.05, 4.69) is 4.98 Å². The largest absolute Gasteiger partial charge is 0.493 e. The molecule has 1 N–H and O–H groups in total. The van der Waals surface area contributed by atoms with Gasteiger partial charge in [-0.05, 0) is 18.2 Å². The number of aromatic amines is 1. The summed E-state index contributed by atoms with van der Waals surface area (Å²) in [5.74, 6) is 0.726. The van der Waals surface area contributed by atoms with E-state index in [1.54, 1.807) is 24.4 Å². The zero-order valence-corrected chi connectivity index (χ0v) is 12.5. The summed E-state index contributed by atoms with van der Waals surface area (Å²) < 4.78 is 10.8. The number of carbonyl (C=O) groups excluding carboxylic acids is 1. The third-order valence-corrected chi connectivity index (χ3v) is 3.54. The van der Waals surface area contributed by atoms with E-state index < -0.39 is 0 Å². The van der Waals surface area contributed by atoms with E-state index in [1.807, 2.05) is 30.3 Å². The predicted octanol–water partition coefficient (Wildman–Crippen LogP) is 3.31. The highest BCUT2D eigenvalue weighted by molar-refractivity contribution is 6.08. The molecule has 0 unspecified atom stereocenters. The van der Waals surface area contributed by atoms with Crippen LogP contribution in [0.1, 0.15) is 15.9 Å². The molecule has 5 heteroatoms. The first-order valence-electron chi connectivity index (χ1n) is 7.03. The molecule has 0 radical (unpaired) electrons. The molecule has 0 aliphatic heterocycles. The van der Waals surface area contributed by atoms with E-state index in [9.17, 15) is 4.79 Å². The van der Waals surface area contributed by atoms with Crippen molar-refractivity contribution in [3.63, 3.8) is 0 Å². The Hall–Kier alpha value is -3.26. The average molecular weight is 306 g/mol. The first-order valence-corrected chi connectivity index (χ1v) is 7.03. The average Bonchev–Trinajstić information content (AvgIpc) is 3.03. The van der Waals surface area contributed by atoms with Crippen molar-refractivity contribution in [2.45, 2.75) is 0 Å². The molecule has 3 rings (SSSR count). The minimum atomic E-state index is -0.131. The van der Waals surface area contributed by atoms with Gasteiger partial charge in [-0.25, -0.2) is 0 Å². The fourth-order valence-electron chi connectivity index (χ4n) is 2.38. The minimum absolute atomic E-state index is 0.107. The van der Waals surface area contributed by atoms with Gasteiger partial charge < -0.3 is 14.5 Å². The van der Waals surface area contributed by atoms with E-state index in [0.717, 1.165) is 10.9 Å². The van der Waals surface area contributed by atoms with E-state index in [4.69, 9.17) is 14.7 Å². The van der Waals surface area contributed by atoms with E-state index in [-0.39, 0.29) is 12.4 Å². The van der Waals surface area contributed by atoms with Crippen LogP contribution >= 0.6 is 0 Å². The number of para-hydroxylation sites is 1. The summed E-state index contributed by atoms with van der Waals surface area (Å²) in [5, 5.41) is 9.76. The van der Waals surface area contributed by atoms with Crippen LogP contribution in [-0.4, -0.2) is 24.5 Å². The second-order valence-electron chi connectivity index (χ2n) is 4.94. The van der Waals surface area contributed by atoms with Crippen molar-refractivity contribution in [3.8, 4) is 17.6 Å². The number of ketones is 1. The number of hydrogen-bond donors (Lipinski definition) is 1. The standard InChI is InChI=1S/C18H14N2O3/c1-22-18-8-12(9-19)6-7-17(18)23-11-16(21)14-10-20-15-5-3-2-4-13(14)15/h2-8,10,20H,11H2,1H3. The Labute approximate surface area is 133 Å². The van der Waals surface area contributed by atoms with Crippen molar-refractivity contribution in [3.05, 3.63) is 59.8 Å². The Kier molecular flexibility index (Phi) is 3.98. The molecule has 0 amide bonds. The van der Waals surface area contributed by atoms with E-state index in [0.29, 0.717) is 22.6 Å². The Morgan fingerprint density at radius 3 is 2.83 bits per heavy atom. The van der Waals surface area contributed by atoms with E-state index >= 15 is 0 Å². The number of benzene rings is 2. The summed E-state index contributed by atoms with van der Waals surface area (Å²) in [6.07, 6.45) is 1.69. The first-order chi connectivity index (χ1) is 11.2. The molecule has 0 aliphatic carbocycles. The fraction of sp³-hybridized carbons (Fsp3) is 0.111. The number of rotatable bonds is 5. The summed E-state index contributed by atoms with van der Waals surface area (Å²) in [4.78, 5) is 15.4. The molecular weight excluding hydrogens is 292 g/mol. The number of nitriles is 1. The zero-order valence-electron chi connectivity index (χ0n) is 12.5. The molecule has 5 nitrogen and oxygen atoms in total. The molecule has 2 aromatic carbocycles. The number of H-pyrrole nitrogens is 1. The smallest absolute Gasteiger partial charge is 0.202 e. The quantitative estimate of drug-likeness (QED) is 0.734. The summed E-state index contributed by atoms with van der Waals surface area (Å²) in [6, 6.07) is 14.4. The Morgan fingerprint density at radius 2 is 2.04 bits per heavy atom. The van der Waals surface area contributed by atoms with Crippen LogP contribution in [0.3, 0.4) is 0 Å². The minimum Gasteiger partial charge on any atom is -0.493 e. The highest BCUT2D eigenvalue weighted by Crippen LogP contribution is 2.28. The lowest BCUT2D eigenvalue weighted by Gasteiger charge is -2.10. The van der Waals surface area contributed by atoms with Crippen LogP contribution in [0.25, 0.3) is 10.9 Å². The molecule has 0 saturated carbocycles. The maximum absolute atomic E-state index is 12.4. The number of nitrogens with one attached hydrogen (secondary N) is 1. The monoisotopic (exact) mass is 306 g/mol. The summed E-state index contributed by atoms with van der Waals surface area (Å²) in [5.41, 5.74) is 1.97. The van der Waals surface area contributed by atoms with Crippen molar-refractivity contribution in [1.29, 1.82) is 5.26 Å². The lowest BCUT2D eigenvalue weighted by Crippen LogP contribution is -2.11. The van der Waals surface area contributed by atoms with Crippen LogP contribution in [0.4, 0.5) is 0 Å². The number of fused-ring (bicyclic) bond motifs is 1. The number of Topliss-reactive ketones (excluding diaryl/α,β-unsaturated/α-hetero) is 1. The van der Waals surface area contributed by atoms with Crippen molar-refractivity contribution in [2.75, 3.05) is 13.7 Å². The number of ether oxygens (including phenoxy) is 2. The van der Waals surface area contributed by atoms with Crippen LogP contribution in [0.5, 0.6) is 11.5 Å². The molecule has 0 saturated heterocycles. The van der Waals surface area contributed by atoms with Crippen molar-refractivity contribution in [1.82, 2.24) is 4.98 Å². The highest BCUT2D eigenvalue weighted by Gasteiger charge is 2.14. The molecule has 3 aromatic rings. The van der Waals surface area contributed by atoms with Crippen LogP contribution in [0.2, 0.25) is 0 Å². The molecule has 0 bridgehead atoms. The normalized spacial score (nSPS) is 10.3. The van der Waals surface area contributed by atoms with Crippen molar-refractivity contribution in [2.24, 2.45) is 0 Å². The van der Waals surface area contributed by atoms with E-state index in [1.165, 1.54) is 7.11 Å². The SMILES string of the molecule is COc1cc(C#N)ccc1OCC(=O)c1c[nH]c2ccccc12. The molecule has 1 aromatic heterocycles. The lowest BCUT2D eigenvalue weighted by molar-refractivity contribution is 0.0921. The van der Waals surface area contributed by atoms with Crippen molar-refractivity contribution < 1.29 is 14.3 Å². The van der Waals surface area contributed by atoms with Crippen LogP contribution in [-0.2, 0) is 0 Å². The lowest BCUT2D eigenvalue weighted by atomic mass is 10.1. The van der Waals surface area contributed by atoms with Crippen LogP contribution in [0.15, 0.2) is 48.7 Å². The van der Waals surface area contributed by atoms with Gasteiger partial charge in [0.05, 0.1) is 18.7 Å². The van der Waals surface area contributed by atoms with Gasteiger partial charge >= 0.3 is 0 Å². The van der Waals surface area contributed by atoms with Crippen molar-refractivity contribution >= 4 is 16.7 Å². The van der Waals surface area contributed by atoms with Gasteiger partial charge in [0.1, 0.15) is 0 Å². The first kappa shape index (κ1) is 14.7. The van der Waals surface area contributed by atoms with Gasteiger partial charge in [-0.15, -0.1) is 0 Å². The summed E-state index contributed by atoms with van der Waals surface area (Å²) in [7, 11) is 1.49. The third kappa shape index (κ3) is 2.87. The van der Waals surface area contributed by atoms with Gasteiger partial charge in [-0.2, -0.15) is 5.26 Å². The summed E-state index contributed by atoms with van der Waals surface area (Å²) >= 11 is 0. The zero-order chi connectivity index (χ0) is 16.2. The third-order valence-electron chi connectivity index (χ3n) is 3.54. The second kappa shape index (κ2) is 6.24. The summed E-state index contributed by atoms with van der Waals surface area (Å²) in [6.45, 7) is -0.107. The Morgan fingerprint density at radius 1 is 1.22 bits per heavy atom. The maximum Gasteiger partial charge on any atom is 0.202 e. The number of nitrogens with zero attached hydrogens (tertiary/aromatic N) is 1. The van der Waals surface area contributed by atoms with Gasteiger partial charge in [-0.3, -0.25) is 4.79 Å². The van der Waals surface area contributed by atoms with Crippen LogP contribution < -0.4 is 9.47 Å². The fourth-order valence-corrected chi connectivity index (χ4v) is 2.38. The maximum atomic E-state index is 12.4. The number of hydrogen-bond acceptors (Lipinski definition) is 4. The highest BCUT2D eigenvalue weighted by atomic mass is 16.5. The van der Waals surface area contributed by atoms with Gasteiger partial charge in [0.2, 0.25) is 5.78 Å². The molecule has 23 heavy (non-hydrogen) atoms. The molecule has 1 heterocycles. The second-order valence-corrected chi connectivity index (χ2v) is 4.94. The molecule has 114 valence electrons. The number of aromatic nitrogens is 1. The van der Waals surface area contributed by atoms with Gasteiger partial charge in [0.15, 0.2) is 18.1 Å². The Balaban J connectivity index is 1.78. The van der Waals surface area contributed by atoms with Gasteiger partial charge in [-0.1, -0.05) is 18.2 Å². The van der Waals surface area contributed by atoms with Gasteiger partial charge in [0, 0.05) is 28.7 Å². The van der Waals surface area contributed by atoms with Crippen LogP contribution in [0, 0.1) is 11.3 Å². The molecule has 0 atom stereocenters. The topological polar surface area (TPSA) is 75.1 Å². The molecular formula is C18H14N2O3. The number of carbonyl (C=O) groups is 1. The molecule has 0 fully saturated rings. The Bertz CT molecular complexity index is 906.